The Balaban J connectivity index is 1.30. The van der Waals surface area contributed by atoms with Gasteiger partial charge < -0.3 is 10.6 Å². The van der Waals surface area contributed by atoms with Crippen molar-refractivity contribution in [1.82, 2.24) is 24.3 Å². The van der Waals surface area contributed by atoms with Gasteiger partial charge in [0.1, 0.15) is 17.3 Å². The molecule has 0 spiro atoms. The lowest BCUT2D eigenvalue weighted by Crippen LogP contribution is -2.39. The molecule has 0 saturated carbocycles. The quantitative estimate of drug-likeness (QED) is 0.475. The number of halogens is 1. The van der Waals surface area contributed by atoms with Crippen LogP contribution in [-0.2, 0) is 11.3 Å². The molecule has 4 aromatic rings. The van der Waals surface area contributed by atoms with Gasteiger partial charge in [-0.05, 0) is 62.5 Å². The highest BCUT2D eigenvalue weighted by atomic mass is 19.1. The minimum Gasteiger partial charge on any atom is -0.369 e. The van der Waals surface area contributed by atoms with E-state index in [2.05, 4.69) is 50.8 Å². The molecule has 0 radical (unpaired) electrons. The Morgan fingerprint density at radius 2 is 2.06 bits per heavy atom. The van der Waals surface area contributed by atoms with Gasteiger partial charge >= 0.3 is 0 Å². The molecule has 10 heteroatoms. The van der Waals surface area contributed by atoms with Crippen LogP contribution in [-0.4, -0.2) is 56.4 Å². The van der Waals surface area contributed by atoms with Crippen LogP contribution in [0.15, 0.2) is 36.5 Å². The van der Waals surface area contributed by atoms with E-state index in [4.69, 9.17) is 10.8 Å². The number of piperidine rings is 1. The fourth-order valence-corrected chi connectivity index (χ4v) is 5.81. The maximum absolute atomic E-state index is 14.7. The second kappa shape index (κ2) is 8.60. The molecule has 2 N–H and O–H groups in total. The molecule has 2 aliphatic heterocycles. The Morgan fingerprint density at radius 1 is 1.25 bits per heavy atom. The zero-order valence-electron chi connectivity index (χ0n) is 20.1. The first-order valence-corrected chi connectivity index (χ1v) is 12.3. The molecule has 36 heavy (non-hydrogen) atoms. The molecule has 1 aromatic carbocycles. The number of pyridine rings is 1. The predicted molar refractivity (Wildman–Crippen MR) is 133 cm³/mol. The van der Waals surface area contributed by atoms with Crippen LogP contribution in [0.25, 0.3) is 16.4 Å². The first kappa shape index (κ1) is 22.5. The van der Waals surface area contributed by atoms with Gasteiger partial charge in [0, 0.05) is 11.9 Å². The molecule has 5 heterocycles. The topological polar surface area (TPSA) is 108 Å². The lowest BCUT2D eigenvalue weighted by molar-refractivity contribution is -0.119. The molecule has 1 amide bonds. The molecule has 3 aromatic heterocycles. The molecule has 0 aliphatic carbocycles. The molecule has 0 unspecified atom stereocenters. The number of anilines is 1. The molecule has 1 fully saturated rings. The number of fused-ring (bicyclic) bond motifs is 4. The maximum atomic E-state index is 14.7. The van der Waals surface area contributed by atoms with Crippen LogP contribution in [0.5, 0.6) is 0 Å². The first-order valence-electron chi connectivity index (χ1n) is 12.3. The second-order valence-corrected chi connectivity index (χ2v) is 9.88. The van der Waals surface area contributed by atoms with E-state index in [1.54, 1.807) is 6.07 Å². The van der Waals surface area contributed by atoms with Crippen molar-refractivity contribution in [2.45, 2.75) is 38.3 Å². The highest BCUT2D eigenvalue weighted by Crippen LogP contribution is 2.36. The van der Waals surface area contributed by atoms with Gasteiger partial charge in [-0.25, -0.2) is 8.91 Å². The summed E-state index contributed by atoms with van der Waals surface area (Å²) in [6.45, 7) is 5.41. The summed E-state index contributed by atoms with van der Waals surface area (Å²) < 4.78 is 18.2. The van der Waals surface area contributed by atoms with E-state index in [0.29, 0.717) is 36.8 Å². The van der Waals surface area contributed by atoms with Crippen molar-refractivity contribution in [2.75, 3.05) is 31.1 Å². The van der Waals surface area contributed by atoms with Gasteiger partial charge in [0.05, 0.1) is 42.2 Å². The minimum absolute atomic E-state index is 0.0864. The monoisotopic (exact) mass is 486 g/mol. The van der Waals surface area contributed by atoms with Crippen molar-refractivity contribution >= 4 is 28.0 Å². The summed E-state index contributed by atoms with van der Waals surface area (Å²) in [4.78, 5) is 15.5. The molecular formula is C26H27FN8O. The van der Waals surface area contributed by atoms with Crippen LogP contribution in [0.1, 0.15) is 48.7 Å². The normalized spacial score (nSPS) is 19.0. The Morgan fingerprint density at radius 3 is 2.81 bits per heavy atom. The number of hydrogen-bond donors (Lipinski definition) is 1. The van der Waals surface area contributed by atoms with Crippen LogP contribution in [0.3, 0.4) is 0 Å². The average Bonchev–Trinajstić information content (AvgIpc) is 3.44. The Bertz CT molecular complexity index is 1520. The molecule has 9 nitrogen and oxygen atoms in total. The predicted octanol–water partition coefficient (Wildman–Crippen LogP) is 2.94. The van der Waals surface area contributed by atoms with Gasteiger partial charge in [-0.3, -0.25) is 14.4 Å². The minimum atomic E-state index is -0.440. The van der Waals surface area contributed by atoms with Crippen LogP contribution >= 0.6 is 0 Å². The van der Waals surface area contributed by atoms with Crippen LogP contribution in [0.4, 0.5) is 10.1 Å². The molecule has 0 bridgehead atoms. The number of benzene rings is 1. The molecule has 2 aliphatic rings. The van der Waals surface area contributed by atoms with Crippen LogP contribution in [0, 0.1) is 17.1 Å². The summed E-state index contributed by atoms with van der Waals surface area (Å²) in [5.74, 6) is -0.285. The highest BCUT2D eigenvalue weighted by molar-refractivity contribution is 5.84. The third-order valence-corrected chi connectivity index (χ3v) is 7.56. The molecule has 1 atom stereocenters. The fraction of sp³-hybridized carbons (Fsp3) is 0.385. The number of nitriles is 1. The largest absolute Gasteiger partial charge is 0.369 e. The standard InChI is InChI=1S/C26H27FN8O/c1-16-13-33(23-5-3-19(11-28)35-26(23)21(27)12-30-35)14-24-20-4-2-18(10-22(20)31-34(16)24)17-6-8-32(9-7-17)15-25(29)36/h2-5,10,12,16-17H,6-9,13-15H2,1H3,(H2,29,36)/t16-/m0/s1. The summed E-state index contributed by atoms with van der Waals surface area (Å²) in [7, 11) is 0. The number of rotatable bonds is 4. The van der Waals surface area contributed by atoms with Crippen molar-refractivity contribution in [3.8, 4) is 6.07 Å². The molecule has 6 rings (SSSR count). The van der Waals surface area contributed by atoms with Gasteiger partial charge in [-0.2, -0.15) is 15.5 Å². The van der Waals surface area contributed by atoms with E-state index in [0.717, 1.165) is 54.4 Å². The van der Waals surface area contributed by atoms with Gasteiger partial charge in [0.25, 0.3) is 0 Å². The fourth-order valence-electron chi connectivity index (χ4n) is 5.81. The summed E-state index contributed by atoms with van der Waals surface area (Å²) >= 11 is 0. The summed E-state index contributed by atoms with van der Waals surface area (Å²) in [6.07, 6.45) is 3.14. The van der Waals surface area contributed by atoms with Crippen LogP contribution in [0.2, 0.25) is 0 Å². The van der Waals surface area contributed by atoms with Crippen molar-refractivity contribution in [2.24, 2.45) is 5.73 Å². The van der Waals surface area contributed by atoms with Crippen molar-refractivity contribution in [1.29, 1.82) is 5.26 Å². The lowest BCUT2D eigenvalue weighted by Gasteiger charge is -2.34. The van der Waals surface area contributed by atoms with E-state index in [1.165, 1.54) is 10.1 Å². The maximum Gasteiger partial charge on any atom is 0.231 e. The van der Waals surface area contributed by atoms with E-state index < -0.39 is 5.82 Å². The zero-order chi connectivity index (χ0) is 25.0. The number of hydrogen-bond acceptors (Lipinski definition) is 6. The Hall–Kier alpha value is -3.97. The molecule has 184 valence electrons. The number of carbonyl (C=O) groups is 1. The Labute approximate surface area is 207 Å². The van der Waals surface area contributed by atoms with Crippen LogP contribution < -0.4 is 10.6 Å². The van der Waals surface area contributed by atoms with Gasteiger partial charge in [-0.1, -0.05) is 12.1 Å². The van der Waals surface area contributed by atoms with E-state index in [-0.39, 0.29) is 11.9 Å². The number of primary amides is 1. The Kier molecular flexibility index (Phi) is 5.38. The summed E-state index contributed by atoms with van der Waals surface area (Å²) in [5.41, 5.74) is 10.0. The highest BCUT2D eigenvalue weighted by Gasteiger charge is 2.29. The van der Waals surface area contributed by atoms with Gasteiger partial charge in [0.15, 0.2) is 5.82 Å². The average molecular weight is 487 g/mol. The van der Waals surface area contributed by atoms with Crippen molar-refractivity contribution in [3.63, 3.8) is 0 Å². The van der Waals surface area contributed by atoms with E-state index >= 15 is 0 Å². The van der Waals surface area contributed by atoms with E-state index in [1.807, 2.05) is 6.07 Å². The third-order valence-electron chi connectivity index (χ3n) is 7.56. The van der Waals surface area contributed by atoms with E-state index in [9.17, 15) is 14.4 Å². The molecular weight excluding hydrogens is 459 g/mol. The smallest absolute Gasteiger partial charge is 0.231 e. The summed E-state index contributed by atoms with van der Waals surface area (Å²) in [6, 6.07) is 12.2. The number of likely N-dealkylation sites (tertiary alicyclic amines) is 1. The second-order valence-electron chi connectivity index (χ2n) is 9.88. The number of nitrogens with two attached hydrogens (primary N) is 1. The third kappa shape index (κ3) is 3.67. The van der Waals surface area contributed by atoms with Gasteiger partial charge in [-0.15, -0.1) is 0 Å². The van der Waals surface area contributed by atoms with Crippen molar-refractivity contribution in [3.05, 3.63) is 59.3 Å². The SMILES string of the molecule is C[C@H]1CN(c2ccc(C#N)n3ncc(F)c23)Cc2c3ccc(C4CCN(CC(N)=O)CC4)cc3nn21. The lowest BCUT2D eigenvalue weighted by atomic mass is 9.89. The zero-order valence-corrected chi connectivity index (χ0v) is 20.1. The number of amides is 1. The number of carbonyl (C=O) groups excluding carboxylic acids is 1. The summed E-state index contributed by atoms with van der Waals surface area (Å²) in [5, 5.41) is 19.5. The first-order chi connectivity index (χ1) is 17.4. The number of aromatic nitrogens is 4. The number of nitrogens with zero attached hydrogens (tertiary/aromatic N) is 7. The molecule has 1 saturated heterocycles. The van der Waals surface area contributed by atoms with Crippen molar-refractivity contribution < 1.29 is 9.18 Å². The van der Waals surface area contributed by atoms with Gasteiger partial charge in [0.2, 0.25) is 5.91 Å².